The van der Waals surface area contributed by atoms with E-state index in [2.05, 4.69) is 0 Å². The highest BCUT2D eigenvalue weighted by atomic mass is 16.6. The third kappa shape index (κ3) is 2.83. The van der Waals surface area contributed by atoms with Gasteiger partial charge in [-0.3, -0.25) is 25.0 Å². The first-order valence-electron chi connectivity index (χ1n) is 6.36. The summed E-state index contributed by atoms with van der Waals surface area (Å²) in [6, 6.07) is 7.98. The van der Waals surface area contributed by atoms with Crippen LogP contribution < -0.4 is 0 Å². The van der Waals surface area contributed by atoms with Gasteiger partial charge in [0, 0.05) is 35.4 Å². The molecule has 2 rings (SSSR count). The highest BCUT2D eigenvalue weighted by Crippen LogP contribution is 2.23. The molecular weight excluding hydrogens is 288 g/mol. The van der Waals surface area contributed by atoms with Gasteiger partial charge < -0.3 is 0 Å². The second kappa shape index (κ2) is 5.72. The highest BCUT2D eigenvalue weighted by Gasteiger charge is 2.18. The van der Waals surface area contributed by atoms with Crippen LogP contribution in [-0.2, 0) is 0 Å². The number of ketones is 1. The van der Waals surface area contributed by atoms with Crippen LogP contribution in [0.2, 0.25) is 0 Å². The minimum absolute atomic E-state index is 0.0885. The number of non-ortho nitro benzene ring substituents is 2. The van der Waals surface area contributed by atoms with Gasteiger partial charge in [-0.25, -0.2) is 0 Å². The van der Waals surface area contributed by atoms with E-state index in [1.54, 1.807) is 13.8 Å². The van der Waals surface area contributed by atoms with Crippen LogP contribution in [0.25, 0.3) is 0 Å². The lowest BCUT2D eigenvalue weighted by atomic mass is 9.95. The number of aryl methyl sites for hydroxylation is 2. The van der Waals surface area contributed by atoms with Gasteiger partial charge in [-0.2, -0.15) is 0 Å². The zero-order valence-electron chi connectivity index (χ0n) is 11.9. The Morgan fingerprint density at radius 1 is 0.818 bits per heavy atom. The molecule has 0 aliphatic rings. The molecule has 0 spiro atoms. The van der Waals surface area contributed by atoms with E-state index in [0.717, 1.165) is 0 Å². The van der Waals surface area contributed by atoms with E-state index in [-0.39, 0.29) is 17.2 Å². The molecule has 0 saturated carbocycles. The standard InChI is InChI=1S/C15H12N2O5/c1-9-7-11(16(19)20)3-5-13(9)15(18)14-6-4-12(17(21)22)8-10(14)2/h3-8H,1-2H3. The van der Waals surface area contributed by atoms with Crippen molar-refractivity contribution in [2.45, 2.75) is 13.8 Å². The van der Waals surface area contributed by atoms with Crippen molar-refractivity contribution >= 4 is 17.2 Å². The van der Waals surface area contributed by atoms with Crippen LogP contribution in [0.1, 0.15) is 27.0 Å². The normalized spacial score (nSPS) is 10.3. The molecule has 0 atom stereocenters. The second-order valence-corrected chi connectivity index (χ2v) is 4.84. The topological polar surface area (TPSA) is 103 Å². The molecule has 0 bridgehead atoms. The fourth-order valence-corrected chi connectivity index (χ4v) is 2.18. The molecule has 2 aromatic rings. The maximum absolute atomic E-state index is 12.5. The number of rotatable bonds is 4. The molecule has 0 aliphatic carbocycles. The van der Waals surface area contributed by atoms with Crippen LogP contribution in [-0.4, -0.2) is 15.6 Å². The zero-order chi connectivity index (χ0) is 16.4. The van der Waals surface area contributed by atoms with Crippen molar-refractivity contribution in [3.63, 3.8) is 0 Å². The summed E-state index contributed by atoms with van der Waals surface area (Å²) in [4.78, 5) is 32.9. The fourth-order valence-electron chi connectivity index (χ4n) is 2.18. The molecular formula is C15H12N2O5. The Labute approximate surface area is 125 Å². The van der Waals surface area contributed by atoms with E-state index >= 15 is 0 Å². The highest BCUT2D eigenvalue weighted by molar-refractivity contribution is 6.11. The Morgan fingerprint density at radius 3 is 1.45 bits per heavy atom. The summed E-state index contributed by atoms with van der Waals surface area (Å²) in [5.74, 6) is -0.320. The molecule has 22 heavy (non-hydrogen) atoms. The second-order valence-electron chi connectivity index (χ2n) is 4.84. The molecule has 0 amide bonds. The molecule has 2 aromatic carbocycles. The van der Waals surface area contributed by atoms with E-state index in [1.807, 2.05) is 0 Å². The Morgan fingerprint density at radius 2 is 1.18 bits per heavy atom. The van der Waals surface area contributed by atoms with Gasteiger partial charge in [-0.15, -0.1) is 0 Å². The molecule has 112 valence electrons. The summed E-state index contributed by atoms with van der Waals surface area (Å²) in [6.45, 7) is 3.22. The first kappa shape index (κ1) is 15.3. The van der Waals surface area contributed by atoms with Crippen LogP contribution in [0.15, 0.2) is 36.4 Å². The molecule has 0 fully saturated rings. The molecule has 0 radical (unpaired) electrons. The van der Waals surface area contributed by atoms with Gasteiger partial charge in [-0.1, -0.05) is 0 Å². The van der Waals surface area contributed by atoms with Gasteiger partial charge in [0.25, 0.3) is 11.4 Å². The Bertz CT molecular complexity index is 733. The molecule has 0 heterocycles. The van der Waals surface area contributed by atoms with Crippen molar-refractivity contribution in [2.24, 2.45) is 0 Å². The summed E-state index contributed by atoms with van der Waals surface area (Å²) in [5, 5.41) is 21.4. The quantitative estimate of drug-likeness (QED) is 0.489. The fraction of sp³-hybridized carbons (Fsp3) is 0.133. The van der Waals surface area contributed by atoms with Crippen LogP contribution in [0.5, 0.6) is 0 Å². The lowest BCUT2D eigenvalue weighted by molar-refractivity contribution is -0.385. The van der Waals surface area contributed by atoms with Crippen LogP contribution >= 0.6 is 0 Å². The first-order chi connectivity index (χ1) is 10.3. The van der Waals surface area contributed by atoms with Crippen LogP contribution in [0.3, 0.4) is 0 Å². The minimum atomic E-state index is -0.529. The third-order valence-electron chi connectivity index (χ3n) is 3.33. The van der Waals surface area contributed by atoms with Gasteiger partial charge in [0.15, 0.2) is 5.78 Å². The van der Waals surface area contributed by atoms with Crippen molar-refractivity contribution < 1.29 is 14.6 Å². The van der Waals surface area contributed by atoms with Crippen molar-refractivity contribution in [3.8, 4) is 0 Å². The van der Waals surface area contributed by atoms with Crippen LogP contribution in [0.4, 0.5) is 11.4 Å². The van der Waals surface area contributed by atoms with E-state index in [4.69, 9.17) is 0 Å². The van der Waals surface area contributed by atoms with Crippen molar-refractivity contribution in [1.29, 1.82) is 0 Å². The van der Waals surface area contributed by atoms with Gasteiger partial charge in [-0.05, 0) is 37.1 Å². The summed E-state index contributed by atoms with van der Waals surface area (Å²) >= 11 is 0. The summed E-state index contributed by atoms with van der Waals surface area (Å²) < 4.78 is 0. The van der Waals surface area contributed by atoms with Gasteiger partial charge in [0.1, 0.15) is 0 Å². The largest absolute Gasteiger partial charge is 0.289 e. The number of hydrogen-bond donors (Lipinski definition) is 0. The van der Waals surface area contributed by atoms with E-state index in [0.29, 0.717) is 22.3 Å². The molecule has 0 unspecified atom stereocenters. The van der Waals surface area contributed by atoms with Gasteiger partial charge >= 0.3 is 0 Å². The van der Waals surface area contributed by atoms with Gasteiger partial charge in [0.05, 0.1) is 9.85 Å². The monoisotopic (exact) mass is 300 g/mol. The molecule has 0 N–H and O–H groups in total. The molecule has 0 aliphatic heterocycles. The predicted molar refractivity (Wildman–Crippen MR) is 79.1 cm³/mol. The lowest BCUT2D eigenvalue weighted by Gasteiger charge is -2.07. The Kier molecular flexibility index (Phi) is 3.98. The maximum Gasteiger partial charge on any atom is 0.269 e. The predicted octanol–water partition coefficient (Wildman–Crippen LogP) is 3.35. The third-order valence-corrected chi connectivity index (χ3v) is 3.33. The average Bonchev–Trinajstić information content (AvgIpc) is 2.46. The number of hydrogen-bond acceptors (Lipinski definition) is 5. The number of nitro groups is 2. The summed E-state index contributed by atoms with van der Waals surface area (Å²) in [5.41, 5.74) is 1.46. The average molecular weight is 300 g/mol. The SMILES string of the molecule is Cc1cc([N+](=O)[O-])ccc1C(=O)c1ccc([N+](=O)[O-])cc1C. The molecule has 0 saturated heterocycles. The number of nitro benzene ring substituents is 2. The number of carbonyl (C=O) groups is 1. The van der Waals surface area contributed by atoms with Crippen molar-refractivity contribution in [1.82, 2.24) is 0 Å². The zero-order valence-corrected chi connectivity index (χ0v) is 11.9. The first-order valence-corrected chi connectivity index (χ1v) is 6.36. The van der Waals surface area contributed by atoms with E-state index in [1.165, 1.54) is 36.4 Å². The molecule has 7 nitrogen and oxygen atoms in total. The number of nitrogens with zero attached hydrogens (tertiary/aromatic N) is 2. The van der Waals surface area contributed by atoms with Crippen molar-refractivity contribution in [2.75, 3.05) is 0 Å². The molecule has 0 aromatic heterocycles. The lowest BCUT2D eigenvalue weighted by Crippen LogP contribution is -2.06. The Balaban J connectivity index is 2.44. The number of benzene rings is 2. The maximum atomic E-state index is 12.5. The summed E-state index contributed by atoms with van der Waals surface area (Å²) in [6.07, 6.45) is 0. The summed E-state index contributed by atoms with van der Waals surface area (Å²) in [7, 11) is 0. The number of carbonyl (C=O) groups excluding carboxylic acids is 1. The smallest absolute Gasteiger partial charge is 0.269 e. The Hall–Kier alpha value is -3.09. The van der Waals surface area contributed by atoms with E-state index < -0.39 is 9.85 Å². The molecule has 7 heteroatoms. The van der Waals surface area contributed by atoms with Gasteiger partial charge in [0.2, 0.25) is 0 Å². The van der Waals surface area contributed by atoms with Crippen LogP contribution in [0, 0.1) is 34.1 Å². The van der Waals surface area contributed by atoms with E-state index in [9.17, 15) is 25.0 Å². The van der Waals surface area contributed by atoms with Crippen molar-refractivity contribution in [3.05, 3.63) is 78.9 Å². The minimum Gasteiger partial charge on any atom is -0.289 e.